The summed E-state index contributed by atoms with van der Waals surface area (Å²) in [6.45, 7) is 1.79. The second kappa shape index (κ2) is 7.15. The molecule has 1 aromatic heterocycles. The molecule has 9 heteroatoms. The maximum Gasteiger partial charge on any atom is 0.269 e. The van der Waals surface area contributed by atoms with Gasteiger partial charge in [-0.3, -0.25) is 15.5 Å². The largest absolute Gasteiger partial charge is 0.368 e. The number of nitrogen functional groups attached to an aromatic ring is 1. The number of anilines is 2. The average Bonchev–Trinajstić information content (AvgIpc) is 2.38. The van der Waals surface area contributed by atoms with Gasteiger partial charge in [-0.05, 0) is 24.6 Å². The molecule has 0 saturated carbocycles. The van der Waals surface area contributed by atoms with Crippen molar-refractivity contribution in [2.45, 2.75) is 6.92 Å². The number of nitrogens with zero attached hydrogens (tertiary/aromatic N) is 4. The molecule has 3 N–H and O–H groups in total. The van der Waals surface area contributed by atoms with Gasteiger partial charge in [-0.25, -0.2) is 4.98 Å². The predicted molar refractivity (Wildman–Crippen MR) is 82.7 cm³/mol. The molecule has 0 aliphatic heterocycles. The number of nitrogens with two attached hydrogens (primary N) is 1. The number of hydrogen-bond acceptors (Lipinski definition) is 7. The number of halogens is 1. The second-order valence-corrected chi connectivity index (χ2v) is 3.97. The van der Waals surface area contributed by atoms with Gasteiger partial charge >= 0.3 is 0 Å². The van der Waals surface area contributed by atoms with Gasteiger partial charge in [0.05, 0.1) is 11.1 Å². The lowest BCUT2D eigenvalue weighted by Gasteiger charge is -2.01. The minimum Gasteiger partial charge on any atom is -0.368 e. The fourth-order valence-electron chi connectivity index (χ4n) is 1.50. The molecule has 8 nitrogen and oxygen atoms in total. The topological polar surface area (TPSA) is 119 Å². The number of nitrogens with one attached hydrogen (secondary N) is 1. The lowest BCUT2D eigenvalue weighted by atomic mass is 10.2. The lowest BCUT2D eigenvalue weighted by Crippen LogP contribution is -2.01. The van der Waals surface area contributed by atoms with Crippen LogP contribution in [0.1, 0.15) is 11.3 Å². The van der Waals surface area contributed by atoms with Crippen molar-refractivity contribution in [3.8, 4) is 0 Å². The first-order chi connectivity index (χ1) is 9.54. The van der Waals surface area contributed by atoms with Crippen LogP contribution in [0.3, 0.4) is 0 Å². The molecule has 0 unspecified atom stereocenters. The van der Waals surface area contributed by atoms with Crippen molar-refractivity contribution < 1.29 is 4.92 Å². The summed E-state index contributed by atoms with van der Waals surface area (Å²) >= 11 is 0. The third kappa shape index (κ3) is 4.69. The van der Waals surface area contributed by atoms with Crippen LogP contribution in [-0.4, -0.2) is 21.1 Å². The highest BCUT2D eigenvalue weighted by molar-refractivity contribution is 5.85. The zero-order valence-corrected chi connectivity index (χ0v) is 11.9. The number of hydrazone groups is 1. The van der Waals surface area contributed by atoms with E-state index in [1.165, 1.54) is 18.3 Å². The molecule has 0 fully saturated rings. The van der Waals surface area contributed by atoms with Crippen molar-refractivity contribution in [3.05, 3.63) is 51.7 Å². The first kappa shape index (κ1) is 16.3. The monoisotopic (exact) mass is 308 g/mol. The van der Waals surface area contributed by atoms with Gasteiger partial charge < -0.3 is 5.73 Å². The molecule has 0 spiro atoms. The lowest BCUT2D eigenvalue weighted by molar-refractivity contribution is -0.384. The number of benzene rings is 1. The average molecular weight is 309 g/mol. The van der Waals surface area contributed by atoms with Gasteiger partial charge in [0.25, 0.3) is 5.69 Å². The van der Waals surface area contributed by atoms with E-state index in [0.717, 1.165) is 11.3 Å². The van der Waals surface area contributed by atoms with Crippen LogP contribution in [0.25, 0.3) is 0 Å². The highest BCUT2D eigenvalue weighted by atomic mass is 35.5. The normalized spacial score (nSPS) is 10.1. The first-order valence-corrected chi connectivity index (χ1v) is 5.69. The summed E-state index contributed by atoms with van der Waals surface area (Å²) in [5.74, 6) is 0.645. The summed E-state index contributed by atoms with van der Waals surface area (Å²) in [5.41, 5.74) is 9.71. The molecule has 110 valence electrons. The Morgan fingerprint density at radius 1 is 1.33 bits per heavy atom. The maximum atomic E-state index is 10.5. The molecule has 21 heavy (non-hydrogen) atoms. The Kier molecular flexibility index (Phi) is 5.56. The number of aromatic nitrogens is 2. The number of nitro benzene ring substituents is 1. The van der Waals surface area contributed by atoms with Crippen LogP contribution in [0.4, 0.5) is 17.5 Å². The van der Waals surface area contributed by atoms with Gasteiger partial charge in [0.1, 0.15) is 0 Å². The Balaban J connectivity index is 0.00000220. The van der Waals surface area contributed by atoms with Crippen molar-refractivity contribution in [3.63, 3.8) is 0 Å². The summed E-state index contributed by atoms with van der Waals surface area (Å²) in [6, 6.07) is 7.72. The first-order valence-electron chi connectivity index (χ1n) is 5.69. The van der Waals surface area contributed by atoms with Crippen molar-refractivity contribution >= 4 is 36.1 Å². The molecule has 0 bridgehead atoms. The van der Waals surface area contributed by atoms with E-state index in [-0.39, 0.29) is 24.0 Å². The molecular weight excluding hydrogens is 296 g/mol. The Labute approximate surface area is 126 Å². The van der Waals surface area contributed by atoms with E-state index in [9.17, 15) is 10.1 Å². The van der Waals surface area contributed by atoms with E-state index >= 15 is 0 Å². The Hall–Kier alpha value is -2.74. The van der Waals surface area contributed by atoms with E-state index in [2.05, 4.69) is 20.5 Å². The summed E-state index contributed by atoms with van der Waals surface area (Å²) in [4.78, 5) is 17.9. The molecule has 1 heterocycles. The van der Waals surface area contributed by atoms with Crippen LogP contribution in [-0.2, 0) is 0 Å². The predicted octanol–water partition coefficient (Wildman–Crippen LogP) is 2.14. The second-order valence-electron chi connectivity index (χ2n) is 3.97. The quantitative estimate of drug-likeness (QED) is 0.507. The third-order valence-corrected chi connectivity index (χ3v) is 2.37. The molecule has 0 saturated heterocycles. The van der Waals surface area contributed by atoms with Gasteiger partial charge in [-0.2, -0.15) is 10.1 Å². The number of aryl methyl sites for hydroxylation is 1. The van der Waals surface area contributed by atoms with Crippen molar-refractivity contribution in [2.75, 3.05) is 11.2 Å². The Bertz CT molecular complexity index is 639. The SMILES string of the molecule is Cc1cc(NN=Cc2ccc([N+](=O)[O-])cc2)nc(N)n1.Cl. The zero-order valence-electron chi connectivity index (χ0n) is 11.1. The van der Waals surface area contributed by atoms with Crippen LogP contribution in [0.5, 0.6) is 0 Å². The minimum atomic E-state index is -0.453. The third-order valence-electron chi connectivity index (χ3n) is 2.37. The van der Waals surface area contributed by atoms with Crippen molar-refractivity contribution in [1.82, 2.24) is 9.97 Å². The van der Waals surface area contributed by atoms with Gasteiger partial charge in [0.2, 0.25) is 5.95 Å². The molecular formula is C12H13ClN6O2. The number of non-ortho nitro benzene ring substituents is 1. The standard InChI is InChI=1S/C12H12N6O2.ClH/c1-8-6-11(16-12(13)15-8)17-14-7-9-2-4-10(5-3-9)18(19)20;/h2-7H,1H3,(H3,13,15,16,17);1H. The van der Waals surface area contributed by atoms with E-state index < -0.39 is 4.92 Å². The van der Waals surface area contributed by atoms with E-state index in [1.54, 1.807) is 25.1 Å². The molecule has 0 atom stereocenters. The minimum absolute atomic E-state index is 0. The molecule has 2 rings (SSSR count). The van der Waals surface area contributed by atoms with Gasteiger partial charge in [-0.15, -0.1) is 12.4 Å². The number of nitro groups is 1. The van der Waals surface area contributed by atoms with Gasteiger partial charge in [0.15, 0.2) is 5.82 Å². The fraction of sp³-hybridized carbons (Fsp3) is 0.0833. The van der Waals surface area contributed by atoms with Crippen molar-refractivity contribution in [1.29, 1.82) is 0 Å². The molecule has 0 radical (unpaired) electrons. The van der Waals surface area contributed by atoms with Crippen LogP contribution in [0.15, 0.2) is 35.4 Å². The summed E-state index contributed by atoms with van der Waals surface area (Å²) < 4.78 is 0. The van der Waals surface area contributed by atoms with Gasteiger partial charge in [0, 0.05) is 23.9 Å². The molecule has 1 aromatic carbocycles. The molecule has 0 aliphatic carbocycles. The van der Waals surface area contributed by atoms with E-state index in [1.807, 2.05) is 0 Å². The Morgan fingerprint density at radius 2 is 2.00 bits per heavy atom. The van der Waals surface area contributed by atoms with E-state index in [4.69, 9.17) is 5.73 Å². The highest BCUT2D eigenvalue weighted by Gasteiger charge is 2.02. The smallest absolute Gasteiger partial charge is 0.269 e. The van der Waals surface area contributed by atoms with Crippen molar-refractivity contribution in [2.24, 2.45) is 5.10 Å². The van der Waals surface area contributed by atoms with Crippen LogP contribution in [0, 0.1) is 17.0 Å². The molecule has 0 aliphatic rings. The van der Waals surface area contributed by atoms with Crippen LogP contribution >= 0.6 is 12.4 Å². The zero-order chi connectivity index (χ0) is 14.5. The van der Waals surface area contributed by atoms with Crippen LogP contribution in [0.2, 0.25) is 0 Å². The van der Waals surface area contributed by atoms with Gasteiger partial charge in [-0.1, -0.05) is 0 Å². The summed E-state index contributed by atoms with van der Waals surface area (Å²) in [5, 5.41) is 14.5. The maximum absolute atomic E-state index is 10.5. The summed E-state index contributed by atoms with van der Waals surface area (Å²) in [6.07, 6.45) is 1.53. The number of hydrogen-bond donors (Lipinski definition) is 2. The Morgan fingerprint density at radius 3 is 2.57 bits per heavy atom. The van der Waals surface area contributed by atoms with Crippen LogP contribution < -0.4 is 11.2 Å². The highest BCUT2D eigenvalue weighted by Crippen LogP contribution is 2.11. The molecule has 0 amide bonds. The fourth-order valence-corrected chi connectivity index (χ4v) is 1.50. The number of rotatable bonds is 4. The van der Waals surface area contributed by atoms with E-state index in [0.29, 0.717) is 5.82 Å². The summed E-state index contributed by atoms with van der Waals surface area (Å²) in [7, 11) is 0. The molecule has 2 aromatic rings.